The SMILES string of the molecule is CCCCCCCCCCCCCCCCCC(=O)O.O=C(O)/C=C/C(=O)O.[H-].[K+]. The summed E-state index contributed by atoms with van der Waals surface area (Å²) < 4.78 is 0. The van der Waals surface area contributed by atoms with Gasteiger partial charge in [-0.25, -0.2) is 9.59 Å². The molecule has 0 radical (unpaired) electrons. The average molecular weight is 441 g/mol. The number of rotatable bonds is 18. The molecule has 6 nitrogen and oxygen atoms in total. The third-order valence-electron chi connectivity index (χ3n) is 4.36. The van der Waals surface area contributed by atoms with Crippen molar-refractivity contribution in [2.24, 2.45) is 0 Å². The van der Waals surface area contributed by atoms with E-state index >= 15 is 0 Å². The molecule has 0 bridgehead atoms. The van der Waals surface area contributed by atoms with E-state index < -0.39 is 17.9 Å². The van der Waals surface area contributed by atoms with Crippen LogP contribution in [0.15, 0.2) is 12.2 Å². The molecule has 0 aliphatic carbocycles. The van der Waals surface area contributed by atoms with E-state index in [1.807, 2.05) is 0 Å². The van der Waals surface area contributed by atoms with Crippen molar-refractivity contribution in [3.63, 3.8) is 0 Å². The molecular formula is C22H41KO6. The fourth-order valence-corrected chi connectivity index (χ4v) is 2.79. The molecule has 0 aromatic rings. The summed E-state index contributed by atoms with van der Waals surface area (Å²) in [5.74, 6) is -3.17. The predicted octanol–water partition coefficient (Wildman–Crippen LogP) is 3.16. The van der Waals surface area contributed by atoms with Gasteiger partial charge in [-0.15, -0.1) is 0 Å². The fourth-order valence-electron chi connectivity index (χ4n) is 2.79. The van der Waals surface area contributed by atoms with Crippen LogP contribution in [0.3, 0.4) is 0 Å². The van der Waals surface area contributed by atoms with Crippen LogP contribution in [-0.2, 0) is 14.4 Å². The number of hydrogen-bond acceptors (Lipinski definition) is 3. The van der Waals surface area contributed by atoms with Gasteiger partial charge in [0, 0.05) is 18.6 Å². The predicted molar refractivity (Wildman–Crippen MR) is 113 cm³/mol. The average Bonchev–Trinajstić information content (AvgIpc) is 2.63. The molecule has 0 aliphatic rings. The monoisotopic (exact) mass is 440 g/mol. The quantitative estimate of drug-likeness (QED) is 0.171. The molecule has 0 aromatic heterocycles. The maximum Gasteiger partial charge on any atom is 1.00 e. The van der Waals surface area contributed by atoms with Crippen molar-refractivity contribution in [1.82, 2.24) is 0 Å². The minimum atomic E-state index is -1.26. The van der Waals surface area contributed by atoms with Crippen LogP contribution in [0.5, 0.6) is 0 Å². The van der Waals surface area contributed by atoms with E-state index in [0.29, 0.717) is 18.6 Å². The van der Waals surface area contributed by atoms with Crippen molar-refractivity contribution in [2.75, 3.05) is 0 Å². The zero-order chi connectivity index (χ0) is 21.5. The summed E-state index contributed by atoms with van der Waals surface area (Å²) in [5, 5.41) is 24.1. The van der Waals surface area contributed by atoms with Crippen molar-refractivity contribution in [3.8, 4) is 0 Å². The molecule has 0 fully saturated rings. The molecule has 0 aromatic carbocycles. The first-order valence-corrected chi connectivity index (χ1v) is 10.8. The standard InChI is InChI=1S/C18H36O2.C4H4O4.K.H/c1-2-3-4-5-6-7-8-9-10-11-12-13-14-15-16-17-18(19)20;5-3(6)1-2-4(7)8;;/h2-17H2,1H3,(H,19,20);1-2H,(H,5,6)(H,7,8);;/q;;+1;-1/b;2-1+;;. The third kappa shape index (κ3) is 38.9. The number of hydrogen-bond donors (Lipinski definition) is 3. The first kappa shape index (κ1) is 33.4. The summed E-state index contributed by atoms with van der Waals surface area (Å²) in [6, 6.07) is 0. The summed E-state index contributed by atoms with van der Waals surface area (Å²) in [6.45, 7) is 2.27. The van der Waals surface area contributed by atoms with E-state index in [1.165, 1.54) is 83.5 Å². The molecule has 0 amide bonds. The van der Waals surface area contributed by atoms with Crippen molar-refractivity contribution in [1.29, 1.82) is 0 Å². The molecule has 0 rings (SSSR count). The first-order chi connectivity index (χ1) is 13.4. The molecular weight excluding hydrogens is 399 g/mol. The molecule has 0 saturated carbocycles. The van der Waals surface area contributed by atoms with E-state index in [9.17, 15) is 14.4 Å². The summed E-state index contributed by atoms with van der Waals surface area (Å²) in [7, 11) is 0. The van der Waals surface area contributed by atoms with Crippen LogP contribution in [0.25, 0.3) is 0 Å². The molecule has 0 aliphatic heterocycles. The van der Waals surface area contributed by atoms with Gasteiger partial charge < -0.3 is 16.7 Å². The van der Waals surface area contributed by atoms with Gasteiger partial charge in [-0.2, -0.15) is 0 Å². The van der Waals surface area contributed by atoms with Crippen LogP contribution < -0.4 is 51.4 Å². The van der Waals surface area contributed by atoms with Crippen LogP contribution in [-0.4, -0.2) is 33.2 Å². The van der Waals surface area contributed by atoms with E-state index in [1.54, 1.807) is 0 Å². The van der Waals surface area contributed by atoms with Gasteiger partial charge in [0.25, 0.3) is 0 Å². The summed E-state index contributed by atoms with van der Waals surface area (Å²) in [5.41, 5.74) is 0. The van der Waals surface area contributed by atoms with Gasteiger partial charge in [0.05, 0.1) is 0 Å². The number of unbranched alkanes of at least 4 members (excludes halogenated alkanes) is 14. The van der Waals surface area contributed by atoms with Crippen LogP contribution in [0.4, 0.5) is 0 Å². The Morgan fingerprint density at radius 2 is 0.862 bits per heavy atom. The largest absolute Gasteiger partial charge is 1.00 e. The number of aliphatic carboxylic acids is 3. The Bertz CT molecular complexity index is 414. The van der Waals surface area contributed by atoms with Crippen LogP contribution in [0, 0.1) is 0 Å². The van der Waals surface area contributed by atoms with Crippen molar-refractivity contribution < 1.29 is 82.5 Å². The molecule has 0 heterocycles. The molecule has 0 unspecified atom stereocenters. The van der Waals surface area contributed by atoms with Gasteiger partial charge in [-0.05, 0) is 6.42 Å². The van der Waals surface area contributed by atoms with E-state index in [0.717, 1.165) is 12.8 Å². The fraction of sp³-hybridized carbons (Fsp3) is 0.773. The Morgan fingerprint density at radius 1 is 0.586 bits per heavy atom. The Balaban J connectivity index is -0.000000288. The van der Waals surface area contributed by atoms with Crippen LogP contribution in [0.1, 0.15) is 111 Å². The Labute approximate surface area is 220 Å². The van der Waals surface area contributed by atoms with Gasteiger partial charge in [0.15, 0.2) is 0 Å². The summed E-state index contributed by atoms with van der Waals surface area (Å²) in [6.07, 6.45) is 21.3. The van der Waals surface area contributed by atoms with Crippen molar-refractivity contribution >= 4 is 17.9 Å². The molecule has 0 spiro atoms. The topological polar surface area (TPSA) is 112 Å². The minimum absolute atomic E-state index is 0. The van der Waals surface area contributed by atoms with E-state index in [4.69, 9.17) is 15.3 Å². The third-order valence-corrected chi connectivity index (χ3v) is 4.36. The molecule has 166 valence electrons. The minimum Gasteiger partial charge on any atom is -1.00 e. The molecule has 0 saturated heterocycles. The van der Waals surface area contributed by atoms with Crippen molar-refractivity contribution in [2.45, 2.75) is 110 Å². The van der Waals surface area contributed by atoms with Crippen molar-refractivity contribution in [3.05, 3.63) is 12.2 Å². The number of carboxylic acid groups (broad SMARTS) is 3. The molecule has 29 heavy (non-hydrogen) atoms. The Hall–Kier alpha value is -0.214. The van der Waals surface area contributed by atoms with Gasteiger partial charge in [0.1, 0.15) is 0 Å². The molecule has 0 atom stereocenters. The summed E-state index contributed by atoms with van der Waals surface area (Å²) >= 11 is 0. The van der Waals surface area contributed by atoms with E-state index in [-0.39, 0.29) is 52.8 Å². The van der Waals surface area contributed by atoms with Gasteiger partial charge in [-0.3, -0.25) is 4.79 Å². The second-order valence-electron chi connectivity index (χ2n) is 7.10. The summed E-state index contributed by atoms with van der Waals surface area (Å²) in [4.78, 5) is 29.4. The van der Waals surface area contributed by atoms with Crippen LogP contribution in [0.2, 0.25) is 0 Å². The molecule has 7 heteroatoms. The number of carbonyl (C=O) groups is 3. The normalized spacial score (nSPS) is 10.1. The Morgan fingerprint density at radius 3 is 1.10 bits per heavy atom. The Kier molecular flexibility index (Phi) is 32.0. The second-order valence-corrected chi connectivity index (χ2v) is 7.10. The second kappa shape index (κ2) is 27.8. The zero-order valence-electron chi connectivity index (χ0n) is 19.5. The number of carboxylic acids is 3. The van der Waals surface area contributed by atoms with Gasteiger partial charge >= 0.3 is 69.3 Å². The maximum absolute atomic E-state index is 10.3. The van der Waals surface area contributed by atoms with Gasteiger partial charge in [0.2, 0.25) is 0 Å². The maximum atomic E-state index is 10.3. The zero-order valence-corrected chi connectivity index (χ0v) is 21.7. The van der Waals surface area contributed by atoms with Gasteiger partial charge in [-0.1, -0.05) is 96.8 Å². The first-order valence-electron chi connectivity index (χ1n) is 10.8. The molecule has 3 N–H and O–H groups in total. The van der Waals surface area contributed by atoms with Crippen LogP contribution >= 0.6 is 0 Å². The smallest absolute Gasteiger partial charge is 1.00 e. The van der Waals surface area contributed by atoms with E-state index in [2.05, 4.69) is 6.92 Å².